The minimum Gasteiger partial charge on any atom is -0.490 e. The van der Waals surface area contributed by atoms with Crippen molar-refractivity contribution in [3.05, 3.63) is 18.2 Å². The van der Waals surface area contributed by atoms with Crippen molar-refractivity contribution in [2.24, 2.45) is 0 Å². The van der Waals surface area contributed by atoms with Gasteiger partial charge in [0, 0.05) is 38.2 Å². The molecule has 1 aromatic carbocycles. The summed E-state index contributed by atoms with van der Waals surface area (Å²) >= 11 is 0. The van der Waals surface area contributed by atoms with Gasteiger partial charge in [0.15, 0.2) is 11.5 Å². The quantitative estimate of drug-likeness (QED) is 0.848. The van der Waals surface area contributed by atoms with Crippen LogP contribution in [0.15, 0.2) is 18.2 Å². The highest BCUT2D eigenvalue weighted by Gasteiger charge is 2.10. The molecule has 0 aliphatic carbocycles. The Morgan fingerprint density at radius 1 is 1.28 bits per heavy atom. The van der Waals surface area contributed by atoms with Gasteiger partial charge in [0.2, 0.25) is 5.91 Å². The van der Waals surface area contributed by atoms with Crippen LogP contribution >= 0.6 is 0 Å². The van der Waals surface area contributed by atoms with Gasteiger partial charge in [0.25, 0.3) is 0 Å². The van der Waals surface area contributed by atoms with Crippen molar-refractivity contribution in [2.45, 2.75) is 12.8 Å². The van der Waals surface area contributed by atoms with Crippen LogP contribution in [0.4, 0.5) is 5.69 Å². The topological polar surface area (TPSA) is 59.6 Å². The number of carbonyl (C=O) groups excluding carboxylic acids is 1. The second kappa shape index (κ2) is 6.14. The molecule has 1 aliphatic rings. The number of hydrogen-bond acceptors (Lipinski definition) is 4. The van der Waals surface area contributed by atoms with Gasteiger partial charge >= 0.3 is 0 Å². The molecule has 1 heterocycles. The Balaban J connectivity index is 1.93. The zero-order valence-corrected chi connectivity index (χ0v) is 10.5. The molecular weight excluding hydrogens is 232 g/mol. The zero-order valence-electron chi connectivity index (χ0n) is 10.5. The molecule has 0 aromatic heterocycles. The van der Waals surface area contributed by atoms with Crippen LogP contribution in [-0.2, 0) is 4.79 Å². The van der Waals surface area contributed by atoms with Crippen LogP contribution in [0.5, 0.6) is 11.5 Å². The summed E-state index contributed by atoms with van der Waals surface area (Å²) in [7, 11) is 1.63. The van der Waals surface area contributed by atoms with E-state index in [0.717, 1.165) is 23.6 Å². The highest BCUT2D eigenvalue weighted by atomic mass is 16.5. The van der Waals surface area contributed by atoms with Gasteiger partial charge in [0.05, 0.1) is 13.2 Å². The van der Waals surface area contributed by atoms with E-state index >= 15 is 0 Å². The maximum atomic E-state index is 11.1. The maximum Gasteiger partial charge on any atom is 0.221 e. The largest absolute Gasteiger partial charge is 0.490 e. The highest BCUT2D eigenvalue weighted by Crippen LogP contribution is 2.32. The summed E-state index contributed by atoms with van der Waals surface area (Å²) in [5.74, 6) is 1.57. The molecule has 0 radical (unpaired) electrons. The lowest BCUT2D eigenvalue weighted by molar-refractivity contribution is -0.120. The van der Waals surface area contributed by atoms with Gasteiger partial charge < -0.3 is 20.1 Å². The van der Waals surface area contributed by atoms with Crippen LogP contribution in [0.1, 0.15) is 12.8 Å². The lowest BCUT2D eigenvalue weighted by Gasteiger charge is -2.10. The summed E-state index contributed by atoms with van der Waals surface area (Å²) in [6.07, 6.45) is 1.35. The van der Waals surface area contributed by atoms with Gasteiger partial charge in [-0.05, 0) is 12.1 Å². The van der Waals surface area contributed by atoms with Crippen molar-refractivity contribution >= 4 is 11.6 Å². The third kappa shape index (κ3) is 3.29. The van der Waals surface area contributed by atoms with Gasteiger partial charge in [-0.3, -0.25) is 4.79 Å². The first-order valence-electron chi connectivity index (χ1n) is 6.13. The molecule has 2 rings (SSSR count). The molecule has 2 N–H and O–H groups in total. The van der Waals surface area contributed by atoms with Crippen molar-refractivity contribution in [1.82, 2.24) is 5.32 Å². The van der Waals surface area contributed by atoms with E-state index in [0.29, 0.717) is 26.2 Å². The van der Waals surface area contributed by atoms with E-state index in [2.05, 4.69) is 10.6 Å². The minimum atomic E-state index is 0.0249. The van der Waals surface area contributed by atoms with Crippen LogP contribution in [0.25, 0.3) is 0 Å². The van der Waals surface area contributed by atoms with Crippen molar-refractivity contribution in [2.75, 3.05) is 32.1 Å². The molecule has 0 fully saturated rings. The number of nitrogens with one attached hydrogen (secondary N) is 2. The number of amides is 1. The maximum absolute atomic E-state index is 11.1. The average Bonchev–Trinajstić information content (AvgIpc) is 2.63. The Kier molecular flexibility index (Phi) is 4.28. The molecular formula is C13H18N2O3. The highest BCUT2D eigenvalue weighted by molar-refractivity contribution is 5.76. The Labute approximate surface area is 106 Å². The lowest BCUT2D eigenvalue weighted by atomic mass is 10.2. The predicted molar refractivity (Wildman–Crippen MR) is 69.2 cm³/mol. The minimum absolute atomic E-state index is 0.0249. The summed E-state index contributed by atoms with van der Waals surface area (Å²) in [6.45, 7) is 1.96. The smallest absolute Gasteiger partial charge is 0.221 e. The lowest BCUT2D eigenvalue weighted by Crippen LogP contribution is -2.20. The molecule has 18 heavy (non-hydrogen) atoms. The van der Waals surface area contributed by atoms with E-state index in [1.54, 1.807) is 7.05 Å². The van der Waals surface area contributed by atoms with Gasteiger partial charge in [-0.25, -0.2) is 0 Å². The molecule has 1 aliphatic heterocycles. The fourth-order valence-corrected chi connectivity index (χ4v) is 1.72. The van der Waals surface area contributed by atoms with Gasteiger partial charge in [-0.15, -0.1) is 0 Å². The van der Waals surface area contributed by atoms with Crippen LogP contribution in [0.2, 0.25) is 0 Å². The number of benzene rings is 1. The van der Waals surface area contributed by atoms with Crippen LogP contribution in [-0.4, -0.2) is 32.7 Å². The monoisotopic (exact) mass is 250 g/mol. The van der Waals surface area contributed by atoms with Crippen molar-refractivity contribution in [3.63, 3.8) is 0 Å². The van der Waals surface area contributed by atoms with Gasteiger partial charge in [-0.1, -0.05) is 0 Å². The number of anilines is 1. The van der Waals surface area contributed by atoms with Gasteiger partial charge in [0.1, 0.15) is 0 Å². The fourth-order valence-electron chi connectivity index (χ4n) is 1.72. The van der Waals surface area contributed by atoms with E-state index in [9.17, 15) is 4.79 Å². The second-order valence-electron chi connectivity index (χ2n) is 4.06. The van der Waals surface area contributed by atoms with Crippen LogP contribution < -0.4 is 20.1 Å². The molecule has 0 unspecified atom stereocenters. The molecule has 0 saturated carbocycles. The standard InChI is InChI=1S/C13H18N2O3/c1-14-13(16)5-6-15-10-3-4-11-12(9-10)18-8-2-7-17-11/h3-4,9,15H,2,5-8H2,1H3,(H,14,16). The Hall–Kier alpha value is -1.91. The van der Waals surface area contributed by atoms with E-state index in [-0.39, 0.29) is 5.91 Å². The van der Waals surface area contributed by atoms with Crippen molar-refractivity contribution in [3.8, 4) is 11.5 Å². The molecule has 98 valence electrons. The molecule has 0 atom stereocenters. The Bertz CT molecular complexity index is 421. The summed E-state index contributed by atoms with van der Waals surface area (Å²) in [5, 5.41) is 5.77. The number of carbonyl (C=O) groups is 1. The molecule has 0 saturated heterocycles. The fraction of sp³-hybridized carbons (Fsp3) is 0.462. The van der Waals surface area contributed by atoms with Crippen LogP contribution in [0, 0.1) is 0 Å². The summed E-state index contributed by atoms with van der Waals surface area (Å²) in [5.41, 5.74) is 0.933. The molecule has 1 amide bonds. The summed E-state index contributed by atoms with van der Waals surface area (Å²) in [6, 6.07) is 5.73. The summed E-state index contributed by atoms with van der Waals surface area (Å²) in [4.78, 5) is 11.1. The number of fused-ring (bicyclic) bond motifs is 1. The van der Waals surface area contributed by atoms with Gasteiger partial charge in [-0.2, -0.15) is 0 Å². The van der Waals surface area contributed by atoms with Crippen molar-refractivity contribution < 1.29 is 14.3 Å². The van der Waals surface area contributed by atoms with E-state index in [1.165, 1.54) is 0 Å². The van der Waals surface area contributed by atoms with E-state index in [1.807, 2.05) is 18.2 Å². The third-order valence-electron chi connectivity index (χ3n) is 2.71. The van der Waals surface area contributed by atoms with Crippen LogP contribution in [0.3, 0.4) is 0 Å². The second-order valence-corrected chi connectivity index (χ2v) is 4.06. The Morgan fingerprint density at radius 3 is 2.83 bits per heavy atom. The first-order chi connectivity index (χ1) is 8.79. The molecule has 5 heteroatoms. The van der Waals surface area contributed by atoms with Crippen molar-refractivity contribution in [1.29, 1.82) is 0 Å². The average molecular weight is 250 g/mol. The normalized spacial score (nSPS) is 13.6. The number of rotatable bonds is 4. The zero-order chi connectivity index (χ0) is 12.8. The number of ether oxygens (including phenoxy) is 2. The first kappa shape index (κ1) is 12.5. The molecule has 5 nitrogen and oxygen atoms in total. The van der Waals surface area contributed by atoms with E-state index in [4.69, 9.17) is 9.47 Å². The first-order valence-corrected chi connectivity index (χ1v) is 6.13. The molecule has 0 bridgehead atoms. The van der Waals surface area contributed by atoms with E-state index < -0.39 is 0 Å². The third-order valence-corrected chi connectivity index (χ3v) is 2.71. The summed E-state index contributed by atoms with van der Waals surface area (Å²) < 4.78 is 11.1. The Morgan fingerprint density at radius 2 is 2.06 bits per heavy atom. The molecule has 0 spiro atoms. The predicted octanol–water partition coefficient (Wildman–Crippen LogP) is 1.40. The number of hydrogen-bond donors (Lipinski definition) is 2. The molecule has 1 aromatic rings. The SMILES string of the molecule is CNC(=O)CCNc1ccc2c(c1)OCCCO2.